The van der Waals surface area contributed by atoms with Gasteiger partial charge in [-0.25, -0.2) is 0 Å². The van der Waals surface area contributed by atoms with E-state index in [1.807, 2.05) is 6.92 Å². The van der Waals surface area contributed by atoms with Gasteiger partial charge in [-0.2, -0.15) is 0 Å². The molecule has 1 saturated carbocycles. The van der Waals surface area contributed by atoms with Crippen molar-refractivity contribution in [2.24, 2.45) is 10.9 Å². The van der Waals surface area contributed by atoms with E-state index in [1.165, 1.54) is 12.8 Å². The molecule has 0 unspecified atom stereocenters. The van der Waals surface area contributed by atoms with Gasteiger partial charge in [0.2, 0.25) is 5.91 Å². The second-order valence-electron chi connectivity index (χ2n) is 4.10. The zero-order chi connectivity index (χ0) is 11.8. The molecule has 3 N–H and O–H groups in total. The molecule has 0 aromatic rings. The number of hydrogen-bond donors (Lipinski definition) is 3. The van der Waals surface area contributed by atoms with E-state index in [1.54, 1.807) is 7.05 Å². The molecule has 5 nitrogen and oxygen atoms in total. The Morgan fingerprint density at radius 3 is 2.62 bits per heavy atom. The van der Waals surface area contributed by atoms with Crippen LogP contribution >= 0.6 is 0 Å². The summed E-state index contributed by atoms with van der Waals surface area (Å²) in [6.45, 7) is 4.00. The molecule has 1 fully saturated rings. The Hall–Kier alpha value is -1.26. The van der Waals surface area contributed by atoms with Gasteiger partial charge >= 0.3 is 0 Å². The number of nitrogens with one attached hydrogen (secondary N) is 3. The van der Waals surface area contributed by atoms with E-state index in [9.17, 15) is 4.79 Å². The van der Waals surface area contributed by atoms with Crippen LogP contribution in [0, 0.1) is 5.92 Å². The molecule has 5 heteroatoms. The summed E-state index contributed by atoms with van der Waals surface area (Å²) < 4.78 is 0. The molecule has 1 rings (SSSR count). The summed E-state index contributed by atoms with van der Waals surface area (Å²) in [6.07, 6.45) is 3.57. The fourth-order valence-corrected chi connectivity index (χ4v) is 1.27. The Kier molecular flexibility index (Phi) is 5.67. The Balaban J connectivity index is 2.09. The van der Waals surface area contributed by atoms with Crippen LogP contribution < -0.4 is 16.0 Å². The Morgan fingerprint density at radius 1 is 1.31 bits per heavy atom. The third kappa shape index (κ3) is 5.58. The van der Waals surface area contributed by atoms with Crippen molar-refractivity contribution in [1.29, 1.82) is 0 Å². The molecule has 1 aliphatic rings. The molecule has 0 heterocycles. The number of carbonyl (C=O) groups is 1. The van der Waals surface area contributed by atoms with Crippen molar-refractivity contribution < 1.29 is 4.79 Å². The number of nitrogens with zero attached hydrogens (tertiary/aromatic N) is 1. The van der Waals surface area contributed by atoms with E-state index in [2.05, 4.69) is 20.9 Å². The maximum atomic E-state index is 11.3. The highest BCUT2D eigenvalue weighted by molar-refractivity contribution is 5.86. The van der Waals surface area contributed by atoms with Crippen molar-refractivity contribution in [2.45, 2.75) is 26.2 Å². The van der Waals surface area contributed by atoms with Crippen LogP contribution in [0.15, 0.2) is 4.99 Å². The van der Waals surface area contributed by atoms with E-state index in [0.29, 0.717) is 5.96 Å². The van der Waals surface area contributed by atoms with Gasteiger partial charge in [-0.05, 0) is 25.2 Å². The zero-order valence-corrected chi connectivity index (χ0v) is 10.2. The third-order valence-corrected chi connectivity index (χ3v) is 2.47. The van der Waals surface area contributed by atoms with Gasteiger partial charge in [0.05, 0.1) is 6.54 Å². The fourth-order valence-electron chi connectivity index (χ4n) is 1.27. The molecule has 0 atom stereocenters. The van der Waals surface area contributed by atoms with Gasteiger partial charge in [-0.15, -0.1) is 0 Å². The summed E-state index contributed by atoms with van der Waals surface area (Å²) in [7, 11) is 1.71. The van der Waals surface area contributed by atoms with Crippen LogP contribution in [0.5, 0.6) is 0 Å². The minimum absolute atomic E-state index is 0.0104. The minimum Gasteiger partial charge on any atom is -0.356 e. The van der Waals surface area contributed by atoms with Gasteiger partial charge in [-0.3, -0.25) is 9.79 Å². The molecule has 0 aromatic carbocycles. The molecule has 0 spiro atoms. The predicted molar refractivity (Wildman–Crippen MR) is 65.4 cm³/mol. The first-order chi connectivity index (χ1) is 7.76. The van der Waals surface area contributed by atoms with Crippen LogP contribution in [-0.4, -0.2) is 38.5 Å². The van der Waals surface area contributed by atoms with Gasteiger partial charge in [-0.1, -0.05) is 6.92 Å². The molecule has 0 saturated heterocycles. The van der Waals surface area contributed by atoms with E-state index in [4.69, 9.17) is 0 Å². The number of carbonyl (C=O) groups excluding carboxylic acids is 1. The molecule has 0 aliphatic heterocycles. The molecule has 0 bridgehead atoms. The summed E-state index contributed by atoms with van der Waals surface area (Å²) >= 11 is 0. The normalized spacial score (nSPS) is 15.8. The van der Waals surface area contributed by atoms with Crippen molar-refractivity contribution >= 4 is 11.9 Å². The molecular weight excluding hydrogens is 204 g/mol. The van der Waals surface area contributed by atoms with Gasteiger partial charge in [0.15, 0.2) is 5.96 Å². The quantitative estimate of drug-likeness (QED) is 0.444. The van der Waals surface area contributed by atoms with Gasteiger partial charge in [0.25, 0.3) is 0 Å². The van der Waals surface area contributed by atoms with Crippen molar-refractivity contribution in [3.05, 3.63) is 0 Å². The van der Waals surface area contributed by atoms with Crippen LogP contribution in [0.2, 0.25) is 0 Å². The molecular formula is C11H22N4O. The second kappa shape index (κ2) is 7.09. The molecule has 0 radical (unpaired) electrons. The maximum Gasteiger partial charge on any atom is 0.239 e. The summed E-state index contributed by atoms with van der Waals surface area (Å²) in [5.74, 6) is 1.52. The number of guanidine groups is 1. The minimum atomic E-state index is 0.0104. The number of amides is 1. The molecule has 1 aliphatic carbocycles. The highest BCUT2D eigenvalue weighted by Gasteiger charge is 2.21. The fraction of sp³-hybridized carbons (Fsp3) is 0.818. The van der Waals surface area contributed by atoms with Crippen LogP contribution in [0.3, 0.4) is 0 Å². The Labute approximate surface area is 97.1 Å². The largest absolute Gasteiger partial charge is 0.356 e. The average Bonchev–Trinajstić information content (AvgIpc) is 3.10. The highest BCUT2D eigenvalue weighted by atomic mass is 16.1. The molecule has 92 valence electrons. The monoisotopic (exact) mass is 226 g/mol. The lowest BCUT2D eigenvalue weighted by Gasteiger charge is -2.11. The Bertz CT molecular complexity index is 248. The first-order valence-electron chi connectivity index (χ1n) is 5.97. The number of rotatable bonds is 6. The first kappa shape index (κ1) is 12.8. The number of hydrogen-bond acceptors (Lipinski definition) is 2. The Morgan fingerprint density at radius 2 is 2.06 bits per heavy atom. The lowest BCUT2D eigenvalue weighted by atomic mass is 10.4. The van der Waals surface area contributed by atoms with Crippen molar-refractivity contribution in [1.82, 2.24) is 16.0 Å². The predicted octanol–water partition coefficient (Wildman–Crippen LogP) is 0.0876. The summed E-state index contributed by atoms with van der Waals surface area (Å²) in [6, 6.07) is 0. The standard InChI is InChI=1S/C11H22N4O/c1-3-6-13-10(16)8-15-11(12-2)14-7-9-4-5-9/h9H,3-8H2,1-2H3,(H,13,16)(H2,12,14,15). The van der Waals surface area contributed by atoms with Crippen LogP contribution in [-0.2, 0) is 4.79 Å². The summed E-state index contributed by atoms with van der Waals surface area (Å²) in [4.78, 5) is 15.4. The molecule has 16 heavy (non-hydrogen) atoms. The van der Waals surface area contributed by atoms with Crippen LogP contribution in [0.1, 0.15) is 26.2 Å². The van der Waals surface area contributed by atoms with Gasteiger partial charge in [0.1, 0.15) is 0 Å². The van der Waals surface area contributed by atoms with Crippen LogP contribution in [0.4, 0.5) is 0 Å². The second-order valence-corrected chi connectivity index (χ2v) is 4.10. The molecule has 0 aromatic heterocycles. The zero-order valence-electron chi connectivity index (χ0n) is 10.2. The third-order valence-electron chi connectivity index (χ3n) is 2.47. The van der Waals surface area contributed by atoms with Gasteiger partial charge in [0, 0.05) is 20.1 Å². The first-order valence-corrected chi connectivity index (χ1v) is 5.97. The average molecular weight is 226 g/mol. The van der Waals surface area contributed by atoms with Crippen molar-refractivity contribution in [3.63, 3.8) is 0 Å². The maximum absolute atomic E-state index is 11.3. The number of aliphatic imine (C=N–C) groups is 1. The smallest absolute Gasteiger partial charge is 0.239 e. The van der Waals surface area contributed by atoms with E-state index in [-0.39, 0.29) is 12.5 Å². The topological polar surface area (TPSA) is 65.5 Å². The van der Waals surface area contributed by atoms with E-state index in [0.717, 1.165) is 25.4 Å². The van der Waals surface area contributed by atoms with Gasteiger partial charge < -0.3 is 16.0 Å². The van der Waals surface area contributed by atoms with Crippen molar-refractivity contribution in [3.8, 4) is 0 Å². The lowest BCUT2D eigenvalue weighted by molar-refractivity contribution is -0.120. The summed E-state index contributed by atoms with van der Waals surface area (Å²) in [5, 5.41) is 8.99. The SMILES string of the molecule is CCCNC(=O)CNC(=NC)NCC1CC1. The van der Waals surface area contributed by atoms with E-state index < -0.39 is 0 Å². The van der Waals surface area contributed by atoms with Crippen molar-refractivity contribution in [2.75, 3.05) is 26.7 Å². The molecule has 1 amide bonds. The highest BCUT2D eigenvalue weighted by Crippen LogP contribution is 2.27. The lowest BCUT2D eigenvalue weighted by Crippen LogP contribution is -2.43. The summed E-state index contributed by atoms with van der Waals surface area (Å²) in [5.41, 5.74) is 0. The van der Waals surface area contributed by atoms with E-state index >= 15 is 0 Å². The van der Waals surface area contributed by atoms with Crippen LogP contribution in [0.25, 0.3) is 0 Å².